The highest BCUT2D eigenvalue weighted by Crippen LogP contribution is 2.24. The molecule has 1 saturated heterocycles. The average molecular weight is 205 g/mol. The number of aliphatic hydroxyl groups is 1. The minimum atomic E-state index is 0.343. The molecule has 1 heterocycles. The smallest absolute Gasteiger partial charge is 0.0433 e. The molecule has 1 fully saturated rings. The lowest BCUT2D eigenvalue weighted by molar-refractivity contribution is 0.240. The number of benzene rings is 1. The lowest BCUT2D eigenvalue weighted by atomic mass is 9.94. The fraction of sp³-hybridized carbons (Fsp3) is 0.538. The lowest BCUT2D eigenvalue weighted by Crippen LogP contribution is -2.33. The van der Waals surface area contributed by atoms with Crippen molar-refractivity contribution in [3.8, 4) is 0 Å². The van der Waals surface area contributed by atoms with Crippen LogP contribution in [-0.2, 0) is 0 Å². The molecule has 1 N–H and O–H groups in total. The molecule has 0 spiro atoms. The Labute approximate surface area is 91.5 Å². The maximum absolute atomic E-state index is 8.89. The van der Waals surface area contributed by atoms with Crippen LogP contribution in [0, 0.1) is 5.92 Å². The van der Waals surface area contributed by atoms with Crippen molar-refractivity contribution in [3.05, 3.63) is 30.3 Å². The van der Waals surface area contributed by atoms with Gasteiger partial charge >= 0.3 is 0 Å². The molecule has 2 heteroatoms. The van der Waals surface area contributed by atoms with Gasteiger partial charge in [-0.1, -0.05) is 18.2 Å². The van der Waals surface area contributed by atoms with Crippen molar-refractivity contribution in [1.29, 1.82) is 0 Å². The first-order valence-corrected chi connectivity index (χ1v) is 5.81. The molecule has 0 bridgehead atoms. The second kappa shape index (κ2) is 5.17. The van der Waals surface area contributed by atoms with Crippen molar-refractivity contribution in [2.24, 2.45) is 5.92 Å². The van der Waals surface area contributed by atoms with Crippen LogP contribution < -0.4 is 4.90 Å². The average Bonchev–Trinajstić information content (AvgIpc) is 2.32. The van der Waals surface area contributed by atoms with Gasteiger partial charge in [-0.3, -0.25) is 0 Å². The van der Waals surface area contributed by atoms with Crippen LogP contribution >= 0.6 is 0 Å². The number of rotatable bonds is 3. The Morgan fingerprint density at radius 2 is 1.80 bits per heavy atom. The number of hydrogen-bond donors (Lipinski definition) is 1. The van der Waals surface area contributed by atoms with E-state index in [1.54, 1.807) is 0 Å². The summed E-state index contributed by atoms with van der Waals surface area (Å²) in [6.07, 6.45) is 3.41. The maximum atomic E-state index is 8.89. The van der Waals surface area contributed by atoms with Crippen LogP contribution in [0.25, 0.3) is 0 Å². The van der Waals surface area contributed by atoms with Gasteiger partial charge in [0.05, 0.1) is 0 Å². The topological polar surface area (TPSA) is 23.5 Å². The highest BCUT2D eigenvalue weighted by molar-refractivity contribution is 5.46. The van der Waals surface area contributed by atoms with Gasteiger partial charge in [0.25, 0.3) is 0 Å². The number of aliphatic hydroxyl groups excluding tert-OH is 1. The number of para-hydroxylation sites is 1. The summed E-state index contributed by atoms with van der Waals surface area (Å²) in [5.41, 5.74) is 1.33. The molecule has 2 nitrogen and oxygen atoms in total. The van der Waals surface area contributed by atoms with Crippen LogP contribution in [0.1, 0.15) is 19.3 Å². The summed E-state index contributed by atoms with van der Waals surface area (Å²) in [6.45, 7) is 2.61. The van der Waals surface area contributed by atoms with Crippen molar-refractivity contribution in [3.63, 3.8) is 0 Å². The molecule has 1 aromatic carbocycles. The molecule has 0 amide bonds. The molecular weight excluding hydrogens is 186 g/mol. The molecule has 15 heavy (non-hydrogen) atoms. The van der Waals surface area contributed by atoms with E-state index in [4.69, 9.17) is 5.11 Å². The molecule has 0 atom stereocenters. The van der Waals surface area contributed by atoms with Crippen molar-refractivity contribution < 1.29 is 5.11 Å². The molecule has 1 aromatic rings. The Bertz CT molecular complexity index is 278. The zero-order valence-electron chi connectivity index (χ0n) is 9.10. The van der Waals surface area contributed by atoms with E-state index in [-0.39, 0.29) is 0 Å². The van der Waals surface area contributed by atoms with Gasteiger partial charge in [-0.15, -0.1) is 0 Å². The standard InChI is InChI=1S/C13H19NO/c15-11-8-12-6-9-14(10-7-12)13-4-2-1-3-5-13/h1-5,12,15H,6-11H2. The van der Waals surface area contributed by atoms with Crippen LogP contribution in [0.15, 0.2) is 30.3 Å². The molecular formula is C13H19NO. The first-order valence-electron chi connectivity index (χ1n) is 5.81. The summed E-state index contributed by atoms with van der Waals surface area (Å²) in [4.78, 5) is 2.44. The summed E-state index contributed by atoms with van der Waals surface area (Å²) in [7, 11) is 0. The van der Waals surface area contributed by atoms with E-state index in [1.165, 1.54) is 18.5 Å². The number of anilines is 1. The molecule has 0 saturated carbocycles. The van der Waals surface area contributed by atoms with Crippen LogP contribution in [0.2, 0.25) is 0 Å². The Morgan fingerprint density at radius 3 is 2.40 bits per heavy atom. The summed E-state index contributed by atoms with van der Waals surface area (Å²) in [5.74, 6) is 0.731. The second-order valence-electron chi connectivity index (χ2n) is 4.28. The van der Waals surface area contributed by atoms with Crippen molar-refractivity contribution >= 4 is 5.69 Å². The third kappa shape index (κ3) is 2.72. The summed E-state index contributed by atoms with van der Waals surface area (Å²) in [6, 6.07) is 10.6. The second-order valence-corrected chi connectivity index (χ2v) is 4.28. The minimum Gasteiger partial charge on any atom is -0.396 e. The van der Waals surface area contributed by atoms with E-state index in [0.717, 1.165) is 25.4 Å². The molecule has 0 unspecified atom stereocenters. The molecule has 1 aliphatic rings. The Hall–Kier alpha value is -1.02. The lowest BCUT2D eigenvalue weighted by Gasteiger charge is -2.33. The summed E-state index contributed by atoms with van der Waals surface area (Å²) >= 11 is 0. The third-order valence-electron chi connectivity index (χ3n) is 3.27. The Kier molecular flexibility index (Phi) is 3.62. The normalized spacial score (nSPS) is 18.1. The van der Waals surface area contributed by atoms with E-state index in [9.17, 15) is 0 Å². The molecule has 0 aliphatic carbocycles. The molecule has 2 rings (SSSR count). The van der Waals surface area contributed by atoms with Gasteiger partial charge in [0.1, 0.15) is 0 Å². The van der Waals surface area contributed by atoms with Crippen LogP contribution in [0.4, 0.5) is 5.69 Å². The Balaban J connectivity index is 1.88. The predicted molar refractivity (Wildman–Crippen MR) is 63.1 cm³/mol. The van der Waals surface area contributed by atoms with Crippen LogP contribution in [0.5, 0.6) is 0 Å². The molecule has 82 valence electrons. The highest BCUT2D eigenvalue weighted by Gasteiger charge is 2.18. The van der Waals surface area contributed by atoms with Gasteiger partial charge in [0.2, 0.25) is 0 Å². The van der Waals surface area contributed by atoms with E-state index in [2.05, 4.69) is 35.2 Å². The molecule has 1 aliphatic heterocycles. The first-order chi connectivity index (χ1) is 7.40. The fourth-order valence-electron chi connectivity index (χ4n) is 2.30. The van der Waals surface area contributed by atoms with Crippen LogP contribution in [0.3, 0.4) is 0 Å². The van der Waals surface area contributed by atoms with Gasteiger partial charge in [-0.25, -0.2) is 0 Å². The zero-order chi connectivity index (χ0) is 10.5. The van der Waals surface area contributed by atoms with Gasteiger partial charge in [0.15, 0.2) is 0 Å². The zero-order valence-corrected chi connectivity index (χ0v) is 9.10. The van der Waals surface area contributed by atoms with E-state index in [1.807, 2.05) is 0 Å². The van der Waals surface area contributed by atoms with Gasteiger partial charge in [-0.2, -0.15) is 0 Å². The van der Waals surface area contributed by atoms with Gasteiger partial charge < -0.3 is 10.0 Å². The van der Waals surface area contributed by atoms with Crippen molar-refractivity contribution in [2.75, 3.05) is 24.6 Å². The predicted octanol–water partition coefficient (Wildman–Crippen LogP) is 2.29. The third-order valence-corrected chi connectivity index (χ3v) is 3.27. The first kappa shape index (κ1) is 10.5. The summed E-state index contributed by atoms with van der Waals surface area (Å²) < 4.78 is 0. The number of piperidine rings is 1. The number of hydrogen-bond acceptors (Lipinski definition) is 2. The fourth-order valence-corrected chi connectivity index (χ4v) is 2.30. The molecule has 0 radical (unpaired) electrons. The monoisotopic (exact) mass is 205 g/mol. The molecule has 0 aromatic heterocycles. The quantitative estimate of drug-likeness (QED) is 0.818. The van der Waals surface area contributed by atoms with Gasteiger partial charge in [0, 0.05) is 25.4 Å². The van der Waals surface area contributed by atoms with Crippen LogP contribution in [-0.4, -0.2) is 24.8 Å². The summed E-state index contributed by atoms with van der Waals surface area (Å²) in [5, 5.41) is 8.89. The largest absolute Gasteiger partial charge is 0.396 e. The Morgan fingerprint density at radius 1 is 1.13 bits per heavy atom. The van der Waals surface area contributed by atoms with E-state index in [0.29, 0.717) is 6.61 Å². The van der Waals surface area contributed by atoms with E-state index < -0.39 is 0 Å². The van der Waals surface area contributed by atoms with Crippen molar-refractivity contribution in [1.82, 2.24) is 0 Å². The number of nitrogens with zero attached hydrogens (tertiary/aromatic N) is 1. The maximum Gasteiger partial charge on any atom is 0.0433 e. The van der Waals surface area contributed by atoms with Crippen molar-refractivity contribution in [2.45, 2.75) is 19.3 Å². The SMILES string of the molecule is OCCC1CCN(c2ccccc2)CC1. The minimum absolute atomic E-state index is 0.343. The van der Waals surface area contributed by atoms with Gasteiger partial charge in [-0.05, 0) is 37.3 Å². The van der Waals surface area contributed by atoms with E-state index >= 15 is 0 Å². The highest BCUT2D eigenvalue weighted by atomic mass is 16.3.